The van der Waals surface area contributed by atoms with E-state index in [1.165, 1.54) is 12.1 Å². The van der Waals surface area contributed by atoms with Crippen molar-refractivity contribution in [3.63, 3.8) is 0 Å². The summed E-state index contributed by atoms with van der Waals surface area (Å²) in [5, 5.41) is 17.3. The highest BCUT2D eigenvalue weighted by Crippen LogP contribution is 2.10. The van der Waals surface area contributed by atoms with E-state index in [0.717, 1.165) is 19.5 Å². The topological polar surface area (TPSA) is 90.5 Å². The molecule has 0 unspecified atom stereocenters. The lowest BCUT2D eigenvalue weighted by Gasteiger charge is -2.08. The van der Waals surface area contributed by atoms with Gasteiger partial charge in [0.15, 0.2) is 0 Å². The van der Waals surface area contributed by atoms with Crippen LogP contribution in [-0.4, -0.2) is 36.7 Å². The Morgan fingerprint density at radius 1 is 1.26 bits per heavy atom. The number of amides is 2. The zero-order valence-corrected chi connectivity index (χ0v) is 10.9. The first-order chi connectivity index (χ1) is 9.13. The third-order valence-corrected chi connectivity index (χ3v) is 2.43. The fourth-order valence-corrected chi connectivity index (χ4v) is 1.50. The summed E-state index contributed by atoms with van der Waals surface area (Å²) in [4.78, 5) is 22.3. The number of carbonyl (C=O) groups excluding carboxylic acids is 1. The zero-order chi connectivity index (χ0) is 14.1. The molecule has 19 heavy (non-hydrogen) atoms. The molecular weight excluding hydrogens is 246 g/mol. The Morgan fingerprint density at radius 2 is 2.05 bits per heavy atom. The lowest BCUT2D eigenvalue weighted by Crippen LogP contribution is -2.31. The van der Waals surface area contributed by atoms with Crippen LogP contribution in [0.4, 0.5) is 10.5 Å². The Balaban J connectivity index is 2.35. The summed E-state index contributed by atoms with van der Waals surface area (Å²) >= 11 is 0. The number of benzene rings is 1. The van der Waals surface area contributed by atoms with Gasteiger partial charge in [-0.1, -0.05) is 13.0 Å². The van der Waals surface area contributed by atoms with Crippen LogP contribution in [0.1, 0.15) is 23.7 Å². The van der Waals surface area contributed by atoms with Gasteiger partial charge in [0, 0.05) is 12.2 Å². The molecule has 0 aliphatic rings. The Kier molecular flexibility index (Phi) is 6.38. The molecule has 1 rings (SSSR count). The summed E-state index contributed by atoms with van der Waals surface area (Å²) < 4.78 is 0. The first kappa shape index (κ1) is 15.0. The van der Waals surface area contributed by atoms with Crippen molar-refractivity contribution < 1.29 is 14.7 Å². The second-order valence-electron chi connectivity index (χ2n) is 3.97. The molecule has 6 nitrogen and oxygen atoms in total. The van der Waals surface area contributed by atoms with Gasteiger partial charge in [-0.3, -0.25) is 0 Å². The third-order valence-electron chi connectivity index (χ3n) is 2.43. The van der Waals surface area contributed by atoms with E-state index in [1.54, 1.807) is 12.1 Å². The van der Waals surface area contributed by atoms with Crippen molar-refractivity contribution in [1.82, 2.24) is 10.6 Å². The van der Waals surface area contributed by atoms with Crippen LogP contribution in [0.2, 0.25) is 0 Å². The van der Waals surface area contributed by atoms with Crippen molar-refractivity contribution in [3.8, 4) is 0 Å². The number of hydrogen-bond acceptors (Lipinski definition) is 3. The predicted octanol–water partition coefficient (Wildman–Crippen LogP) is 1.51. The second kappa shape index (κ2) is 8.10. The number of carboxylic acid groups (broad SMARTS) is 1. The van der Waals surface area contributed by atoms with Gasteiger partial charge >= 0.3 is 12.0 Å². The molecule has 0 atom stereocenters. The first-order valence-corrected chi connectivity index (χ1v) is 6.22. The number of aromatic carboxylic acids is 1. The van der Waals surface area contributed by atoms with Gasteiger partial charge in [-0.25, -0.2) is 9.59 Å². The molecule has 1 aromatic carbocycles. The van der Waals surface area contributed by atoms with Gasteiger partial charge < -0.3 is 21.1 Å². The summed E-state index contributed by atoms with van der Waals surface area (Å²) in [7, 11) is 0. The number of urea groups is 1. The van der Waals surface area contributed by atoms with Crippen LogP contribution in [0, 0.1) is 0 Å². The van der Waals surface area contributed by atoms with E-state index in [-0.39, 0.29) is 11.6 Å². The highest BCUT2D eigenvalue weighted by molar-refractivity contribution is 5.93. The summed E-state index contributed by atoms with van der Waals surface area (Å²) in [6.07, 6.45) is 0.844. The molecule has 0 aliphatic heterocycles. The number of hydrogen-bond donors (Lipinski definition) is 4. The molecule has 0 aliphatic carbocycles. The quantitative estimate of drug-likeness (QED) is 0.562. The molecule has 0 heterocycles. The minimum Gasteiger partial charge on any atom is -0.478 e. The minimum atomic E-state index is -1.02. The summed E-state index contributed by atoms with van der Waals surface area (Å²) in [6, 6.07) is 5.79. The predicted molar refractivity (Wildman–Crippen MR) is 73.6 cm³/mol. The maximum absolute atomic E-state index is 11.5. The largest absolute Gasteiger partial charge is 0.478 e. The van der Waals surface area contributed by atoms with E-state index >= 15 is 0 Å². The molecular formula is C13H19N3O3. The molecule has 0 aromatic heterocycles. The van der Waals surface area contributed by atoms with E-state index in [9.17, 15) is 9.59 Å². The summed E-state index contributed by atoms with van der Waals surface area (Å²) in [5.41, 5.74) is 0.606. The zero-order valence-electron chi connectivity index (χ0n) is 10.9. The Hall–Kier alpha value is -2.08. The maximum atomic E-state index is 11.5. The lowest BCUT2D eigenvalue weighted by molar-refractivity contribution is 0.0697. The van der Waals surface area contributed by atoms with Crippen LogP contribution in [0.3, 0.4) is 0 Å². The Morgan fingerprint density at radius 3 is 2.74 bits per heavy atom. The van der Waals surface area contributed by atoms with Crippen molar-refractivity contribution in [2.75, 3.05) is 25.0 Å². The molecule has 4 N–H and O–H groups in total. The number of carboxylic acids is 1. The summed E-state index contributed by atoms with van der Waals surface area (Å²) in [5.74, 6) is -1.02. The minimum absolute atomic E-state index is 0.143. The average molecular weight is 265 g/mol. The van der Waals surface area contributed by atoms with Gasteiger partial charge in [-0.2, -0.15) is 0 Å². The SMILES string of the molecule is CCNCCCNC(=O)Nc1cccc(C(=O)O)c1. The van der Waals surface area contributed by atoms with Crippen LogP contribution >= 0.6 is 0 Å². The standard InChI is InChI=1S/C13H19N3O3/c1-2-14-7-4-8-15-13(19)16-11-6-3-5-10(9-11)12(17)18/h3,5-6,9,14H,2,4,7-8H2,1H3,(H,17,18)(H2,15,16,19). The van der Waals surface area contributed by atoms with Gasteiger partial charge in [-0.05, 0) is 37.7 Å². The van der Waals surface area contributed by atoms with Crippen molar-refractivity contribution in [3.05, 3.63) is 29.8 Å². The van der Waals surface area contributed by atoms with E-state index in [4.69, 9.17) is 5.11 Å². The van der Waals surface area contributed by atoms with Crippen LogP contribution in [0.5, 0.6) is 0 Å². The number of anilines is 1. The summed E-state index contributed by atoms with van der Waals surface area (Å²) in [6.45, 7) is 4.35. The molecule has 0 spiro atoms. The molecule has 0 saturated carbocycles. The molecule has 0 bridgehead atoms. The third kappa shape index (κ3) is 5.87. The van der Waals surface area contributed by atoms with Gasteiger partial charge in [-0.15, -0.1) is 0 Å². The van der Waals surface area contributed by atoms with Crippen molar-refractivity contribution >= 4 is 17.7 Å². The van der Waals surface area contributed by atoms with Gasteiger partial charge in [0.2, 0.25) is 0 Å². The van der Waals surface area contributed by atoms with Crippen LogP contribution in [0.25, 0.3) is 0 Å². The maximum Gasteiger partial charge on any atom is 0.335 e. The lowest BCUT2D eigenvalue weighted by atomic mass is 10.2. The number of rotatable bonds is 7. The van der Waals surface area contributed by atoms with Crippen molar-refractivity contribution in [2.45, 2.75) is 13.3 Å². The smallest absolute Gasteiger partial charge is 0.335 e. The van der Waals surface area contributed by atoms with Crippen LogP contribution in [0.15, 0.2) is 24.3 Å². The fraction of sp³-hybridized carbons (Fsp3) is 0.385. The van der Waals surface area contributed by atoms with Crippen molar-refractivity contribution in [1.29, 1.82) is 0 Å². The Bertz CT molecular complexity index is 435. The van der Waals surface area contributed by atoms with Gasteiger partial charge in [0.1, 0.15) is 0 Å². The molecule has 0 saturated heterocycles. The second-order valence-corrected chi connectivity index (χ2v) is 3.97. The van der Waals surface area contributed by atoms with Crippen LogP contribution in [-0.2, 0) is 0 Å². The first-order valence-electron chi connectivity index (χ1n) is 6.22. The fourth-order valence-electron chi connectivity index (χ4n) is 1.50. The van der Waals surface area contributed by atoms with E-state index in [2.05, 4.69) is 16.0 Å². The monoisotopic (exact) mass is 265 g/mol. The Labute approximate surface area is 112 Å². The molecule has 1 aromatic rings. The van der Waals surface area contributed by atoms with E-state index in [1.807, 2.05) is 6.92 Å². The highest BCUT2D eigenvalue weighted by Gasteiger charge is 2.05. The number of nitrogens with one attached hydrogen (secondary N) is 3. The molecule has 0 fully saturated rings. The molecule has 2 amide bonds. The molecule has 0 radical (unpaired) electrons. The van der Waals surface area contributed by atoms with Gasteiger partial charge in [0.05, 0.1) is 5.56 Å². The van der Waals surface area contributed by atoms with Crippen LogP contribution < -0.4 is 16.0 Å². The average Bonchev–Trinajstić information content (AvgIpc) is 2.38. The molecule has 104 valence electrons. The van der Waals surface area contributed by atoms with E-state index < -0.39 is 5.97 Å². The highest BCUT2D eigenvalue weighted by atomic mass is 16.4. The van der Waals surface area contributed by atoms with Crippen molar-refractivity contribution in [2.24, 2.45) is 0 Å². The normalized spacial score (nSPS) is 9.95. The van der Waals surface area contributed by atoms with E-state index in [0.29, 0.717) is 12.2 Å². The molecule has 6 heteroatoms. The van der Waals surface area contributed by atoms with Gasteiger partial charge in [0.25, 0.3) is 0 Å². The number of carbonyl (C=O) groups is 2.